The number of ether oxygens (including phenoxy) is 2. The second-order valence-corrected chi connectivity index (χ2v) is 6.85. The van der Waals surface area contributed by atoms with Crippen molar-refractivity contribution in [3.63, 3.8) is 0 Å². The fourth-order valence-electron chi connectivity index (χ4n) is 2.57. The Morgan fingerprint density at radius 2 is 2.00 bits per heavy atom. The molecule has 0 aromatic rings. The molecule has 0 spiro atoms. The first-order chi connectivity index (χ1) is 8.90. The number of hydrogen-bond donors (Lipinski definition) is 1. The van der Waals surface area contributed by atoms with Crippen LogP contribution in [0, 0.1) is 5.92 Å². The molecule has 19 heavy (non-hydrogen) atoms. The summed E-state index contributed by atoms with van der Waals surface area (Å²) in [6.45, 7) is 9.86. The van der Waals surface area contributed by atoms with E-state index in [-0.39, 0.29) is 17.8 Å². The van der Waals surface area contributed by atoms with Crippen molar-refractivity contribution in [2.24, 2.45) is 5.92 Å². The molecule has 114 valence electrons. The molecule has 0 aromatic carbocycles. The van der Waals surface area contributed by atoms with Gasteiger partial charge in [-0.2, -0.15) is 0 Å². The zero-order chi connectivity index (χ0) is 14.3. The van der Waals surface area contributed by atoms with E-state index in [2.05, 4.69) is 27.7 Å². The van der Waals surface area contributed by atoms with E-state index in [0.29, 0.717) is 12.5 Å². The summed E-state index contributed by atoms with van der Waals surface area (Å²) in [7, 11) is 0. The molecule has 0 radical (unpaired) electrons. The summed E-state index contributed by atoms with van der Waals surface area (Å²) in [4.78, 5) is 0. The highest BCUT2D eigenvalue weighted by atomic mass is 16.5. The summed E-state index contributed by atoms with van der Waals surface area (Å²) in [6.07, 6.45) is 6.43. The fourth-order valence-corrected chi connectivity index (χ4v) is 2.57. The zero-order valence-corrected chi connectivity index (χ0v) is 13.2. The Hall–Kier alpha value is -0.120. The standard InChI is InChI=1S/C16H32O3/c1-5-7-15(12-19-16(2,3)4)18-11-13-8-6-9-14(17)10-13/h13-15,17H,5-12H2,1-4H3. The van der Waals surface area contributed by atoms with Crippen molar-refractivity contribution >= 4 is 0 Å². The predicted molar refractivity (Wildman–Crippen MR) is 78.3 cm³/mol. The molecule has 0 aromatic heterocycles. The third-order valence-corrected chi connectivity index (χ3v) is 3.64. The van der Waals surface area contributed by atoms with Gasteiger partial charge in [-0.05, 0) is 52.4 Å². The van der Waals surface area contributed by atoms with E-state index in [4.69, 9.17) is 9.47 Å². The number of rotatable bonds is 7. The maximum absolute atomic E-state index is 9.68. The maximum atomic E-state index is 9.68. The molecule has 3 unspecified atom stereocenters. The van der Waals surface area contributed by atoms with Gasteiger partial charge in [0.05, 0.1) is 24.4 Å². The van der Waals surface area contributed by atoms with E-state index in [1.54, 1.807) is 0 Å². The maximum Gasteiger partial charge on any atom is 0.0808 e. The third kappa shape index (κ3) is 7.91. The average Bonchev–Trinajstić information content (AvgIpc) is 2.32. The van der Waals surface area contributed by atoms with Crippen LogP contribution >= 0.6 is 0 Å². The van der Waals surface area contributed by atoms with E-state index < -0.39 is 0 Å². The summed E-state index contributed by atoms with van der Waals surface area (Å²) in [6, 6.07) is 0. The van der Waals surface area contributed by atoms with Gasteiger partial charge in [0, 0.05) is 6.61 Å². The second-order valence-electron chi connectivity index (χ2n) is 6.85. The number of aliphatic hydroxyl groups is 1. The first-order valence-corrected chi connectivity index (χ1v) is 7.84. The topological polar surface area (TPSA) is 38.7 Å². The molecule has 1 saturated carbocycles. The molecule has 3 heteroatoms. The monoisotopic (exact) mass is 272 g/mol. The second kappa shape index (κ2) is 8.23. The first kappa shape index (κ1) is 16.9. The van der Waals surface area contributed by atoms with Crippen LogP contribution in [0.2, 0.25) is 0 Å². The van der Waals surface area contributed by atoms with Gasteiger partial charge in [0.15, 0.2) is 0 Å². The Bertz CT molecular complexity index is 235. The van der Waals surface area contributed by atoms with Crippen LogP contribution in [0.25, 0.3) is 0 Å². The van der Waals surface area contributed by atoms with E-state index in [1.807, 2.05) is 0 Å². The Morgan fingerprint density at radius 1 is 1.26 bits per heavy atom. The molecule has 3 atom stereocenters. The van der Waals surface area contributed by atoms with Crippen molar-refractivity contribution in [2.45, 2.75) is 84.0 Å². The number of hydrogen-bond acceptors (Lipinski definition) is 3. The molecule has 0 amide bonds. The van der Waals surface area contributed by atoms with Crippen molar-refractivity contribution in [1.82, 2.24) is 0 Å². The Morgan fingerprint density at radius 3 is 2.58 bits per heavy atom. The summed E-state index contributed by atoms with van der Waals surface area (Å²) in [5.41, 5.74) is -0.101. The van der Waals surface area contributed by atoms with Crippen molar-refractivity contribution in [3.8, 4) is 0 Å². The molecule has 0 aliphatic heterocycles. The summed E-state index contributed by atoms with van der Waals surface area (Å²) in [5, 5.41) is 9.68. The van der Waals surface area contributed by atoms with Crippen LogP contribution in [-0.2, 0) is 9.47 Å². The van der Waals surface area contributed by atoms with Gasteiger partial charge in [0.2, 0.25) is 0 Å². The lowest BCUT2D eigenvalue weighted by Crippen LogP contribution is -2.30. The van der Waals surface area contributed by atoms with Gasteiger partial charge in [-0.3, -0.25) is 0 Å². The van der Waals surface area contributed by atoms with Gasteiger partial charge in [-0.25, -0.2) is 0 Å². The quantitative estimate of drug-likeness (QED) is 0.770. The highest BCUT2D eigenvalue weighted by molar-refractivity contribution is 4.72. The van der Waals surface area contributed by atoms with Crippen LogP contribution in [0.15, 0.2) is 0 Å². The van der Waals surface area contributed by atoms with Crippen molar-refractivity contribution in [2.75, 3.05) is 13.2 Å². The van der Waals surface area contributed by atoms with Crippen LogP contribution < -0.4 is 0 Å². The van der Waals surface area contributed by atoms with Crippen LogP contribution in [0.4, 0.5) is 0 Å². The van der Waals surface area contributed by atoms with Gasteiger partial charge in [0.25, 0.3) is 0 Å². The predicted octanol–water partition coefficient (Wildman–Crippen LogP) is 3.54. The minimum atomic E-state index is -0.113. The molecule has 0 saturated heterocycles. The minimum absolute atomic E-state index is 0.101. The largest absolute Gasteiger partial charge is 0.393 e. The van der Waals surface area contributed by atoms with Crippen molar-refractivity contribution in [1.29, 1.82) is 0 Å². The van der Waals surface area contributed by atoms with E-state index in [1.165, 1.54) is 6.42 Å². The highest BCUT2D eigenvalue weighted by Crippen LogP contribution is 2.25. The Kier molecular flexibility index (Phi) is 7.33. The Balaban J connectivity index is 2.28. The molecule has 0 heterocycles. The molecule has 1 aliphatic rings. The van der Waals surface area contributed by atoms with Gasteiger partial charge in [0.1, 0.15) is 0 Å². The molecule has 1 aliphatic carbocycles. The molecule has 1 rings (SSSR count). The summed E-state index contributed by atoms with van der Waals surface area (Å²) < 4.78 is 11.9. The van der Waals surface area contributed by atoms with E-state index >= 15 is 0 Å². The van der Waals surface area contributed by atoms with Crippen LogP contribution in [0.1, 0.15) is 66.2 Å². The Labute approximate surface area is 118 Å². The molecule has 0 bridgehead atoms. The highest BCUT2D eigenvalue weighted by Gasteiger charge is 2.22. The number of aliphatic hydroxyl groups excluding tert-OH is 1. The van der Waals surface area contributed by atoms with Crippen molar-refractivity contribution < 1.29 is 14.6 Å². The van der Waals surface area contributed by atoms with Gasteiger partial charge >= 0.3 is 0 Å². The third-order valence-electron chi connectivity index (χ3n) is 3.64. The van der Waals surface area contributed by atoms with Crippen molar-refractivity contribution in [3.05, 3.63) is 0 Å². The fraction of sp³-hybridized carbons (Fsp3) is 1.00. The van der Waals surface area contributed by atoms with Crippen LogP contribution in [0.5, 0.6) is 0 Å². The molecular formula is C16H32O3. The first-order valence-electron chi connectivity index (χ1n) is 7.84. The van der Waals surface area contributed by atoms with Gasteiger partial charge in [-0.1, -0.05) is 19.8 Å². The average molecular weight is 272 g/mol. The molecule has 1 N–H and O–H groups in total. The SMILES string of the molecule is CCCC(COC(C)(C)C)OCC1CCCC(O)C1. The van der Waals surface area contributed by atoms with Crippen LogP contribution in [0.3, 0.4) is 0 Å². The summed E-state index contributed by atoms with van der Waals surface area (Å²) in [5.74, 6) is 0.526. The molecular weight excluding hydrogens is 240 g/mol. The van der Waals surface area contributed by atoms with E-state index in [9.17, 15) is 5.11 Å². The van der Waals surface area contributed by atoms with Crippen LogP contribution in [-0.4, -0.2) is 36.1 Å². The lowest BCUT2D eigenvalue weighted by molar-refractivity contribution is -0.0855. The lowest BCUT2D eigenvalue weighted by Gasteiger charge is -2.29. The van der Waals surface area contributed by atoms with Gasteiger partial charge in [-0.15, -0.1) is 0 Å². The smallest absolute Gasteiger partial charge is 0.0808 e. The van der Waals surface area contributed by atoms with Gasteiger partial charge < -0.3 is 14.6 Å². The van der Waals surface area contributed by atoms with E-state index in [0.717, 1.165) is 38.7 Å². The summed E-state index contributed by atoms with van der Waals surface area (Å²) >= 11 is 0. The normalized spacial score (nSPS) is 26.4. The minimum Gasteiger partial charge on any atom is -0.393 e. The lowest BCUT2D eigenvalue weighted by atomic mass is 9.88. The zero-order valence-electron chi connectivity index (χ0n) is 13.2. The molecule has 1 fully saturated rings. The molecule has 3 nitrogen and oxygen atoms in total.